The van der Waals surface area contributed by atoms with Crippen molar-refractivity contribution in [3.05, 3.63) is 30.0 Å². The Morgan fingerprint density at radius 1 is 1.30 bits per heavy atom. The Bertz CT molecular complexity index is 590. The van der Waals surface area contributed by atoms with E-state index in [1.807, 2.05) is 18.3 Å². The third-order valence-corrected chi connectivity index (χ3v) is 4.86. The minimum Gasteiger partial charge on any atom is -0.507 e. The second-order valence-corrected chi connectivity index (χ2v) is 5.90. The molecule has 1 aliphatic heterocycles. The molecule has 0 aliphatic carbocycles. The molecule has 2 heterocycles. The van der Waals surface area contributed by atoms with Crippen LogP contribution in [0.1, 0.15) is 32.3 Å². The molecule has 20 heavy (non-hydrogen) atoms. The third kappa shape index (κ3) is 2.20. The van der Waals surface area contributed by atoms with Crippen molar-refractivity contribution in [2.45, 2.75) is 39.2 Å². The molecule has 0 amide bonds. The lowest BCUT2D eigenvalue weighted by molar-refractivity contribution is 0.0117. The van der Waals surface area contributed by atoms with Crippen LogP contribution in [0.3, 0.4) is 0 Å². The first-order chi connectivity index (χ1) is 9.74. The van der Waals surface area contributed by atoms with Gasteiger partial charge in [-0.15, -0.1) is 0 Å². The van der Waals surface area contributed by atoms with E-state index in [2.05, 4.69) is 23.7 Å². The Morgan fingerprint density at radius 2 is 2.15 bits per heavy atom. The molecule has 3 nitrogen and oxygen atoms in total. The summed E-state index contributed by atoms with van der Waals surface area (Å²) < 4.78 is 0. The van der Waals surface area contributed by atoms with Crippen molar-refractivity contribution in [1.29, 1.82) is 0 Å². The van der Waals surface area contributed by atoms with E-state index in [-0.39, 0.29) is 0 Å². The Balaban J connectivity index is 1.69. The number of nitrogens with one attached hydrogen (secondary N) is 1. The molecule has 2 unspecified atom stereocenters. The van der Waals surface area contributed by atoms with Crippen LogP contribution < -0.4 is 0 Å². The van der Waals surface area contributed by atoms with E-state index in [1.165, 1.54) is 24.9 Å². The number of hydrogen-bond acceptors (Lipinski definition) is 2. The standard InChI is InChI=1S/C17H24N2O/c1-3-12-11-19(15(12)4-2)9-8-13-10-18-14-6-5-7-16(20)17(13)14/h5-7,10,12,15,18,20H,3-4,8-9,11H2,1-2H3. The van der Waals surface area contributed by atoms with Gasteiger partial charge in [0.05, 0.1) is 0 Å². The van der Waals surface area contributed by atoms with Crippen LogP contribution in [-0.4, -0.2) is 34.1 Å². The summed E-state index contributed by atoms with van der Waals surface area (Å²) >= 11 is 0. The number of aromatic amines is 1. The van der Waals surface area contributed by atoms with Crippen molar-refractivity contribution < 1.29 is 5.11 Å². The zero-order valence-corrected chi connectivity index (χ0v) is 12.4. The van der Waals surface area contributed by atoms with Gasteiger partial charge in [0.2, 0.25) is 0 Å². The highest BCUT2D eigenvalue weighted by atomic mass is 16.3. The molecule has 108 valence electrons. The molecule has 1 aromatic carbocycles. The predicted molar refractivity (Wildman–Crippen MR) is 83.1 cm³/mol. The van der Waals surface area contributed by atoms with Crippen molar-refractivity contribution in [2.75, 3.05) is 13.1 Å². The smallest absolute Gasteiger partial charge is 0.125 e. The van der Waals surface area contributed by atoms with Crippen molar-refractivity contribution in [3.8, 4) is 5.75 Å². The highest BCUT2D eigenvalue weighted by molar-refractivity contribution is 5.88. The van der Waals surface area contributed by atoms with Gasteiger partial charge in [-0.2, -0.15) is 0 Å². The molecule has 3 heteroatoms. The topological polar surface area (TPSA) is 39.3 Å². The number of fused-ring (bicyclic) bond motifs is 1. The summed E-state index contributed by atoms with van der Waals surface area (Å²) in [5.74, 6) is 1.28. The lowest BCUT2D eigenvalue weighted by Gasteiger charge is -2.48. The molecule has 0 radical (unpaired) electrons. The number of hydrogen-bond donors (Lipinski definition) is 2. The molecule has 0 spiro atoms. The summed E-state index contributed by atoms with van der Waals surface area (Å²) in [6.45, 7) is 6.92. The molecule has 1 saturated heterocycles. The lowest BCUT2D eigenvalue weighted by Crippen LogP contribution is -2.56. The summed E-state index contributed by atoms with van der Waals surface area (Å²) in [5, 5.41) is 11.0. The van der Waals surface area contributed by atoms with Crippen LogP contribution in [0.2, 0.25) is 0 Å². The van der Waals surface area contributed by atoms with E-state index < -0.39 is 0 Å². The van der Waals surface area contributed by atoms with Crippen LogP contribution in [0, 0.1) is 5.92 Å². The Labute approximate surface area is 120 Å². The third-order valence-electron chi connectivity index (χ3n) is 4.86. The fourth-order valence-electron chi connectivity index (χ4n) is 3.66. The van der Waals surface area contributed by atoms with Gasteiger partial charge in [0.15, 0.2) is 0 Å². The second-order valence-electron chi connectivity index (χ2n) is 5.90. The van der Waals surface area contributed by atoms with Gasteiger partial charge in [-0.25, -0.2) is 0 Å². The fraction of sp³-hybridized carbons (Fsp3) is 0.529. The van der Waals surface area contributed by atoms with Crippen LogP contribution in [-0.2, 0) is 6.42 Å². The summed E-state index contributed by atoms with van der Waals surface area (Å²) in [6, 6.07) is 6.43. The van der Waals surface area contributed by atoms with Gasteiger partial charge in [-0.3, -0.25) is 4.90 Å². The molecule has 3 rings (SSSR count). The van der Waals surface area contributed by atoms with Gasteiger partial charge >= 0.3 is 0 Å². The molecular weight excluding hydrogens is 248 g/mol. The average molecular weight is 272 g/mol. The fourth-order valence-corrected chi connectivity index (χ4v) is 3.66. The van der Waals surface area contributed by atoms with Crippen LogP contribution >= 0.6 is 0 Å². The molecule has 0 saturated carbocycles. The normalized spacial score (nSPS) is 23.1. The van der Waals surface area contributed by atoms with Crippen LogP contribution in [0.5, 0.6) is 5.75 Å². The van der Waals surface area contributed by atoms with E-state index in [1.54, 1.807) is 6.07 Å². The van der Waals surface area contributed by atoms with Gasteiger partial charge < -0.3 is 10.1 Å². The monoisotopic (exact) mass is 272 g/mol. The van der Waals surface area contributed by atoms with Gasteiger partial charge in [0.1, 0.15) is 5.75 Å². The van der Waals surface area contributed by atoms with E-state index in [4.69, 9.17) is 0 Å². The largest absolute Gasteiger partial charge is 0.507 e. The molecular formula is C17H24N2O. The first-order valence-electron chi connectivity index (χ1n) is 7.76. The van der Waals surface area contributed by atoms with Crippen LogP contribution in [0.25, 0.3) is 10.9 Å². The van der Waals surface area contributed by atoms with Crippen LogP contribution in [0.15, 0.2) is 24.4 Å². The van der Waals surface area contributed by atoms with Crippen molar-refractivity contribution >= 4 is 10.9 Å². The second kappa shape index (κ2) is 5.49. The molecule has 2 aromatic rings. The maximum absolute atomic E-state index is 10.0. The van der Waals surface area contributed by atoms with Gasteiger partial charge in [0.25, 0.3) is 0 Å². The number of aromatic nitrogens is 1. The zero-order valence-electron chi connectivity index (χ0n) is 12.4. The minimum atomic E-state index is 0.390. The Morgan fingerprint density at radius 3 is 2.90 bits per heavy atom. The molecule has 1 aromatic heterocycles. The predicted octanol–water partition coefficient (Wildman–Crippen LogP) is 3.54. The molecule has 0 bridgehead atoms. The molecule has 1 fully saturated rings. The first-order valence-corrected chi connectivity index (χ1v) is 7.76. The lowest BCUT2D eigenvalue weighted by atomic mass is 9.84. The van der Waals surface area contributed by atoms with Crippen LogP contribution in [0.4, 0.5) is 0 Å². The van der Waals surface area contributed by atoms with Gasteiger partial charge in [-0.05, 0) is 36.5 Å². The SMILES string of the molecule is CCC1CN(CCc2c[nH]c3cccc(O)c23)C1CC. The van der Waals surface area contributed by atoms with E-state index in [0.29, 0.717) is 5.75 Å². The number of aromatic hydroxyl groups is 1. The first kappa shape index (κ1) is 13.5. The van der Waals surface area contributed by atoms with Crippen molar-refractivity contribution in [1.82, 2.24) is 9.88 Å². The number of rotatable bonds is 5. The molecule has 1 aliphatic rings. The maximum atomic E-state index is 10.0. The average Bonchev–Trinajstić information content (AvgIpc) is 2.83. The minimum absolute atomic E-state index is 0.390. The highest BCUT2D eigenvalue weighted by Gasteiger charge is 2.35. The van der Waals surface area contributed by atoms with Gasteiger partial charge in [-0.1, -0.05) is 26.3 Å². The molecule has 2 atom stereocenters. The van der Waals surface area contributed by atoms with E-state index in [0.717, 1.165) is 35.8 Å². The number of H-pyrrole nitrogens is 1. The quantitative estimate of drug-likeness (QED) is 0.874. The van der Waals surface area contributed by atoms with Gasteiger partial charge in [0, 0.05) is 36.2 Å². The maximum Gasteiger partial charge on any atom is 0.125 e. The van der Waals surface area contributed by atoms with E-state index in [9.17, 15) is 5.11 Å². The number of benzene rings is 1. The number of likely N-dealkylation sites (tertiary alicyclic amines) is 1. The van der Waals surface area contributed by atoms with E-state index >= 15 is 0 Å². The molecule has 2 N–H and O–H groups in total. The summed E-state index contributed by atoms with van der Waals surface area (Å²) in [5.41, 5.74) is 2.26. The summed E-state index contributed by atoms with van der Waals surface area (Å²) in [4.78, 5) is 5.85. The van der Waals surface area contributed by atoms with Crippen molar-refractivity contribution in [3.63, 3.8) is 0 Å². The number of phenols is 1. The Hall–Kier alpha value is -1.48. The summed E-state index contributed by atoms with van der Waals surface area (Å²) in [7, 11) is 0. The zero-order chi connectivity index (χ0) is 14.1. The van der Waals surface area contributed by atoms with Crippen molar-refractivity contribution in [2.24, 2.45) is 5.92 Å². The highest BCUT2D eigenvalue weighted by Crippen LogP contribution is 2.32. The summed E-state index contributed by atoms with van der Waals surface area (Å²) in [6.07, 6.45) is 5.59. The number of phenolic OH excluding ortho intramolecular Hbond substituents is 1. The Kier molecular flexibility index (Phi) is 3.70. The number of nitrogens with zero attached hydrogens (tertiary/aromatic N) is 1.